The molecule has 0 aliphatic carbocycles. The fourth-order valence-electron chi connectivity index (χ4n) is 0.493. The van der Waals surface area contributed by atoms with Gasteiger partial charge >= 0.3 is 11.9 Å². The largest absolute Gasteiger partial charge is 0.463 e. The van der Waals surface area contributed by atoms with Gasteiger partial charge < -0.3 is 9.47 Å². The van der Waals surface area contributed by atoms with Crippen molar-refractivity contribution in [2.75, 3.05) is 6.61 Å². The fourth-order valence-corrected chi connectivity index (χ4v) is 0.493. The molecule has 0 aromatic carbocycles. The highest BCUT2D eigenvalue weighted by Crippen LogP contribution is 1.88. The summed E-state index contributed by atoms with van der Waals surface area (Å²) in [7, 11) is 0. The number of hydrogen-bond acceptors (Lipinski definition) is 4. The van der Waals surface area contributed by atoms with Gasteiger partial charge in [0.05, 0.1) is 12.9 Å². The van der Waals surface area contributed by atoms with Crippen LogP contribution in [0.15, 0.2) is 25.5 Å². The molecule has 15 heavy (non-hydrogen) atoms. The van der Waals surface area contributed by atoms with Crippen LogP contribution in [0.3, 0.4) is 0 Å². The molecule has 0 aliphatic heterocycles. The molecule has 0 heterocycles. The first-order valence-electron chi connectivity index (χ1n) is 4.65. The Morgan fingerprint density at radius 3 is 2.20 bits per heavy atom. The van der Waals surface area contributed by atoms with E-state index in [-0.39, 0.29) is 11.9 Å². The molecule has 0 spiro atoms. The molecule has 0 aromatic rings. The van der Waals surface area contributed by atoms with Gasteiger partial charge in [-0.1, -0.05) is 26.5 Å². The Hall–Kier alpha value is -1.58. The zero-order valence-electron chi connectivity index (χ0n) is 9.32. The highest BCUT2D eigenvalue weighted by molar-refractivity contribution is 5.81. The number of hydrogen-bond donors (Lipinski definition) is 0. The van der Waals surface area contributed by atoms with Crippen LogP contribution in [0.1, 0.15) is 26.7 Å². The molecule has 0 saturated heterocycles. The first-order chi connectivity index (χ1) is 7.08. The number of carbonyl (C=O) groups excluding carboxylic acids is 2. The molecule has 0 atom stereocenters. The van der Waals surface area contributed by atoms with Gasteiger partial charge in [-0.2, -0.15) is 0 Å². The summed E-state index contributed by atoms with van der Waals surface area (Å²) in [6.07, 6.45) is 4.25. The zero-order chi connectivity index (χ0) is 12.1. The standard InChI is InChI=1S/C7H12O2.C4H6O2/c1-3-5-6-9-7(8)4-2;1-3-6-4(2)5/h4H,2-3,5-6H2,1H3;3H,1H2,2H3. The second-order valence-electron chi connectivity index (χ2n) is 2.50. The number of rotatable bonds is 5. The highest BCUT2D eigenvalue weighted by Gasteiger charge is 1.91. The Labute approximate surface area is 90.6 Å². The van der Waals surface area contributed by atoms with Gasteiger partial charge in [-0.25, -0.2) is 4.79 Å². The Morgan fingerprint density at radius 2 is 1.93 bits per heavy atom. The molecule has 4 heteroatoms. The number of ether oxygens (including phenoxy) is 2. The van der Waals surface area contributed by atoms with Crippen LogP contribution in [-0.2, 0) is 19.1 Å². The van der Waals surface area contributed by atoms with Crippen molar-refractivity contribution in [3.8, 4) is 0 Å². The van der Waals surface area contributed by atoms with Crippen molar-refractivity contribution in [3.63, 3.8) is 0 Å². The van der Waals surface area contributed by atoms with Gasteiger partial charge in [-0.3, -0.25) is 4.79 Å². The van der Waals surface area contributed by atoms with Crippen LogP contribution in [0.2, 0.25) is 0 Å². The van der Waals surface area contributed by atoms with Gasteiger partial charge in [0.1, 0.15) is 0 Å². The summed E-state index contributed by atoms with van der Waals surface area (Å²) in [5.74, 6) is -0.659. The smallest absolute Gasteiger partial charge is 0.330 e. The van der Waals surface area contributed by atoms with Crippen LogP contribution < -0.4 is 0 Å². The summed E-state index contributed by atoms with van der Waals surface area (Å²) in [4.78, 5) is 20.1. The van der Waals surface area contributed by atoms with Crippen LogP contribution in [0.5, 0.6) is 0 Å². The van der Waals surface area contributed by atoms with E-state index in [1.54, 1.807) is 0 Å². The quantitative estimate of drug-likeness (QED) is 0.305. The molecule has 86 valence electrons. The summed E-state index contributed by atoms with van der Waals surface area (Å²) in [5.41, 5.74) is 0. The maximum absolute atomic E-state index is 10.3. The first-order valence-corrected chi connectivity index (χ1v) is 4.65. The second kappa shape index (κ2) is 12.4. The van der Waals surface area contributed by atoms with Gasteiger partial charge in [0.25, 0.3) is 0 Å². The Morgan fingerprint density at radius 1 is 1.33 bits per heavy atom. The number of carbonyl (C=O) groups is 2. The average molecular weight is 214 g/mol. The lowest BCUT2D eigenvalue weighted by molar-refractivity contribution is -0.138. The predicted octanol–water partition coefficient (Wildman–Crippen LogP) is 2.21. The van der Waals surface area contributed by atoms with Crippen molar-refractivity contribution >= 4 is 11.9 Å². The maximum Gasteiger partial charge on any atom is 0.330 e. The van der Waals surface area contributed by atoms with Crippen LogP contribution in [0, 0.1) is 0 Å². The van der Waals surface area contributed by atoms with E-state index in [2.05, 4.69) is 22.6 Å². The maximum atomic E-state index is 10.3. The van der Waals surface area contributed by atoms with Crippen molar-refractivity contribution in [1.82, 2.24) is 0 Å². The molecular formula is C11H18O4. The first kappa shape index (κ1) is 15.9. The van der Waals surface area contributed by atoms with Gasteiger partial charge in [0.2, 0.25) is 0 Å². The Bertz CT molecular complexity index is 209. The molecule has 0 bridgehead atoms. The van der Waals surface area contributed by atoms with Crippen LogP contribution in [-0.4, -0.2) is 18.5 Å². The van der Waals surface area contributed by atoms with E-state index in [9.17, 15) is 9.59 Å². The minimum absolute atomic E-state index is 0.329. The normalized spacial score (nSPS) is 7.87. The van der Waals surface area contributed by atoms with E-state index in [0.29, 0.717) is 6.61 Å². The third-order valence-corrected chi connectivity index (χ3v) is 1.16. The predicted molar refractivity (Wildman–Crippen MR) is 58.0 cm³/mol. The lowest BCUT2D eigenvalue weighted by atomic mass is 10.4. The van der Waals surface area contributed by atoms with E-state index in [1.807, 2.05) is 6.92 Å². The van der Waals surface area contributed by atoms with Gasteiger partial charge in [0, 0.05) is 13.0 Å². The topological polar surface area (TPSA) is 52.6 Å². The lowest BCUT2D eigenvalue weighted by Crippen LogP contribution is -2.00. The van der Waals surface area contributed by atoms with Gasteiger partial charge in [-0.15, -0.1) is 0 Å². The second-order valence-corrected chi connectivity index (χ2v) is 2.50. The van der Waals surface area contributed by atoms with Crippen LogP contribution in [0.25, 0.3) is 0 Å². The molecule has 0 rings (SSSR count). The summed E-state index contributed by atoms with van der Waals surface area (Å²) in [6.45, 7) is 10.3. The van der Waals surface area contributed by atoms with Crippen molar-refractivity contribution in [2.24, 2.45) is 0 Å². The van der Waals surface area contributed by atoms with E-state index < -0.39 is 0 Å². The molecule has 0 aliphatic rings. The lowest BCUT2D eigenvalue weighted by Gasteiger charge is -1.97. The average Bonchev–Trinajstić information content (AvgIpc) is 2.18. The Balaban J connectivity index is 0. The minimum atomic E-state index is -0.330. The molecule has 0 saturated carbocycles. The van der Waals surface area contributed by atoms with Crippen molar-refractivity contribution < 1.29 is 19.1 Å². The summed E-state index contributed by atoms with van der Waals surface area (Å²) < 4.78 is 8.84. The molecule has 0 amide bonds. The fraction of sp³-hybridized carbons (Fsp3) is 0.455. The minimum Gasteiger partial charge on any atom is -0.463 e. The molecule has 4 nitrogen and oxygen atoms in total. The van der Waals surface area contributed by atoms with Crippen molar-refractivity contribution in [3.05, 3.63) is 25.5 Å². The van der Waals surface area contributed by atoms with Crippen LogP contribution >= 0.6 is 0 Å². The summed E-state index contributed by atoms with van der Waals surface area (Å²) in [5, 5.41) is 0. The third kappa shape index (κ3) is 19.0. The zero-order valence-corrected chi connectivity index (χ0v) is 9.32. The summed E-state index contributed by atoms with van der Waals surface area (Å²) in [6, 6.07) is 0. The van der Waals surface area contributed by atoms with E-state index >= 15 is 0 Å². The summed E-state index contributed by atoms with van der Waals surface area (Å²) >= 11 is 0. The van der Waals surface area contributed by atoms with Gasteiger partial charge in [-0.05, 0) is 6.42 Å². The molecule has 0 N–H and O–H groups in total. The molecule has 0 radical (unpaired) electrons. The highest BCUT2D eigenvalue weighted by atomic mass is 16.5. The van der Waals surface area contributed by atoms with Gasteiger partial charge in [0.15, 0.2) is 0 Å². The Kier molecular flexibility index (Phi) is 13.1. The number of unbranched alkanes of at least 4 members (excludes halogenated alkanes) is 1. The SMILES string of the molecule is C=CC(=O)OCCCC.C=COC(C)=O. The number of esters is 2. The molecule has 0 fully saturated rings. The molecule has 0 aromatic heterocycles. The van der Waals surface area contributed by atoms with Crippen LogP contribution in [0.4, 0.5) is 0 Å². The van der Waals surface area contributed by atoms with Crippen molar-refractivity contribution in [2.45, 2.75) is 26.7 Å². The molecule has 0 unspecified atom stereocenters. The van der Waals surface area contributed by atoms with E-state index in [4.69, 9.17) is 0 Å². The molecular weight excluding hydrogens is 196 g/mol. The monoisotopic (exact) mass is 214 g/mol. The van der Waals surface area contributed by atoms with Crippen molar-refractivity contribution in [1.29, 1.82) is 0 Å². The van der Waals surface area contributed by atoms with E-state index in [0.717, 1.165) is 19.1 Å². The van der Waals surface area contributed by atoms with E-state index in [1.165, 1.54) is 13.0 Å². The third-order valence-electron chi connectivity index (χ3n) is 1.16.